The van der Waals surface area contributed by atoms with Crippen LogP contribution in [0.4, 0.5) is 4.39 Å². The smallest absolute Gasteiger partial charge is 0.350 e. The maximum absolute atomic E-state index is 16.0. The van der Waals surface area contributed by atoms with Crippen molar-refractivity contribution in [3.8, 4) is 11.7 Å². The van der Waals surface area contributed by atoms with Gasteiger partial charge in [-0.1, -0.05) is 37.3 Å². The van der Waals surface area contributed by atoms with E-state index in [1.807, 2.05) is 38.1 Å². The summed E-state index contributed by atoms with van der Waals surface area (Å²) in [5.74, 6) is -0.660. The molecule has 0 aliphatic heterocycles. The first-order chi connectivity index (χ1) is 18.3. The average molecular weight is 519 g/mol. The lowest BCUT2D eigenvalue weighted by Crippen LogP contribution is -2.20. The van der Waals surface area contributed by atoms with Crippen molar-refractivity contribution in [2.75, 3.05) is 27.2 Å². The van der Waals surface area contributed by atoms with Crippen LogP contribution in [0.1, 0.15) is 40.9 Å². The van der Waals surface area contributed by atoms with Gasteiger partial charge in [0.1, 0.15) is 18.3 Å². The van der Waals surface area contributed by atoms with E-state index in [2.05, 4.69) is 20.1 Å². The third kappa shape index (κ3) is 6.12. The number of ether oxygens (including phenoxy) is 1. The summed E-state index contributed by atoms with van der Waals surface area (Å²) in [6.07, 6.45) is 4.01. The standard InChI is InChI=1S/C27H31FN8O2/c1-4-17-14-20(23(28)22(16-17)38-13-12-35(2)3)21(15-18-6-8-19(9-7-18)24(29)30)25-33-27(37)36(34-25)26-31-10-5-11-32-26/h5-11,14,16,21H,4,12-13,15H2,1-3H3,(H3,29,30)(H,33,34,37). The molecule has 11 heteroatoms. The van der Waals surface area contributed by atoms with Gasteiger partial charge >= 0.3 is 5.69 Å². The Kier molecular flexibility index (Phi) is 8.27. The van der Waals surface area contributed by atoms with Crippen molar-refractivity contribution in [1.82, 2.24) is 29.6 Å². The molecule has 0 aliphatic carbocycles. The number of rotatable bonds is 11. The van der Waals surface area contributed by atoms with Crippen LogP contribution >= 0.6 is 0 Å². The van der Waals surface area contributed by atoms with Crippen LogP contribution in [-0.2, 0) is 12.8 Å². The second kappa shape index (κ2) is 11.8. The highest BCUT2D eigenvalue weighted by molar-refractivity contribution is 5.94. The molecule has 4 aromatic rings. The zero-order valence-corrected chi connectivity index (χ0v) is 21.6. The lowest BCUT2D eigenvalue weighted by Gasteiger charge is -2.20. The van der Waals surface area contributed by atoms with Gasteiger partial charge in [0, 0.05) is 30.1 Å². The van der Waals surface area contributed by atoms with Crippen LogP contribution in [0.25, 0.3) is 5.95 Å². The molecule has 0 radical (unpaired) electrons. The van der Waals surface area contributed by atoms with Crippen molar-refractivity contribution < 1.29 is 9.13 Å². The van der Waals surface area contributed by atoms with Crippen molar-refractivity contribution in [2.24, 2.45) is 5.73 Å². The number of nitrogens with zero attached hydrogens (tertiary/aromatic N) is 5. The fraction of sp³-hybridized carbons (Fsp3) is 0.296. The molecule has 0 saturated heterocycles. The molecule has 0 saturated carbocycles. The summed E-state index contributed by atoms with van der Waals surface area (Å²) in [6, 6.07) is 12.3. The van der Waals surface area contributed by atoms with Crippen molar-refractivity contribution in [3.05, 3.63) is 99.2 Å². The van der Waals surface area contributed by atoms with Crippen molar-refractivity contribution in [3.63, 3.8) is 0 Å². The Morgan fingerprint density at radius 3 is 2.53 bits per heavy atom. The minimum absolute atomic E-state index is 0.0414. The van der Waals surface area contributed by atoms with Crippen molar-refractivity contribution in [1.29, 1.82) is 5.41 Å². The second-order valence-electron chi connectivity index (χ2n) is 9.15. The molecule has 0 bridgehead atoms. The molecule has 198 valence electrons. The van der Waals surface area contributed by atoms with E-state index >= 15 is 4.39 Å². The summed E-state index contributed by atoms with van der Waals surface area (Å²) in [6.45, 7) is 2.94. The predicted octanol–water partition coefficient (Wildman–Crippen LogP) is 2.65. The molecule has 0 spiro atoms. The Morgan fingerprint density at radius 2 is 1.89 bits per heavy atom. The average Bonchev–Trinajstić information content (AvgIpc) is 3.30. The van der Waals surface area contributed by atoms with Crippen LogP contribution < -0.4 is 16.2 Å². The largest absolute Gasteiger partial charge is 0.489 e. The number of aromatic nitrogens is 5. The molecular weight excluding hydrogens is 487 g/mol. The number of hydrogen-bond acceptors (Lipinski definition) is 7. The number of aromatic amines is 1. The van der Waals surface area contributed by atoms with Gasteiger partial charge in [-0.15, -0.1) is 9.78 Å². The highest BCUT2D eigenvalue weighted by Gasteiger charge is 2.26. The minimum atomic E-state index is -0.654. The molecule has 38 heavy (non-hydrogen) atoms. The monoisotopic (exact) mass is 518 g/mol. The molecule has 10 nitrogen and oxygen atoms in total. The minimum Gasteiger partial charge on any atom is -0.489 e. The SMILES string of the molecule is CCc1cc(OCCN(C)C)c(F)c(C(Cc2ccc(C(=N)N)cc2)c2nn(-c3ncccn3)c(=O)[nH]2)c1. The van der Waals surface area contributed by atoms with Gasteiger partial charge in [-0.05, 0) is 50.2 Å². The molecule has 0 aliphatic rings. The third-order valence-electron chi connectivity index (χ3n) is 6.12. The van der Waals surface area contributed by atoms with Gasteiger partial charge in [0.05, 0.1) is 5.92 Å². The van der Waals surface area contributed by atoms with Gasteiger partial charge in [-0.3, -0.25) is 10.4 Å². The zero-order chi connectivity index (χ0) is 27.2. The highest BCUT2D eigenvalue weighted by Crippen LogP contribution is 2.34. The van der Waals surface area contributed by atoms with Crippen LogP contribution in [0.5, 0.6) is 5.75 Å². The van der Waals surface area contributed by atoms with E-state index in [0.29, 0.717) is 37.1 Å². The Hall–Kier alpha value is -4.38. The topological polar surface area (TPSA) is 139 Å². The van der Waals surface area contributed by atoms with Crippen LogP contribution in [-0.4, -0.2) is 62.7 Å². The van der Waals surface area contributed by atoms with E-state index in [0.717, 1.165) is 15.8 Å². The number of likely N-dealkylation sites (N-methyl/N-ethyl adjacent to an activating group) is 1. The number of amidine groups is 1. The number of nitrogens with two attached hydrogens (primary N) is 1. The van der Waals surface area contributed by atoms with Gasteiger partial charge in [0.15, 0.2) is 11.6 Å². The molecule has 2 aromatic carbocycles. The summed E-state index contributed by atoms with van der Waals surface area (Å²) < 4.78 is 22.9. The lowest BCUT2D eigenvalue weighted by atomic mass is 9.89. The quantitative estimate of drug-likeness (QED) is 0.205. The fourth-order valence-corrected chi connectivity index (χ4v) is 4.02. The molecule has 0 fully saturated rings. The first-order valence-electron chi connectivity index (χ1n) is 12.3. The molecule has 0 amide bonds. The normalized spacial score (nSPS) is 12.0. The van der Waals surface area contributed by atoms with Crippen LogP contribution in [0, 0.1) is 11.2 Å². The van der Waals surface area contributed by atoms with Crippen molar-refractivity contribution >= 4 is 5.84 Å². The summed E-state index contributed by atoms with van der Waals surface area (Å²) in [5.41, 5.74) is 7.76. The van der Waals surface area contributed by atoms with Crippen LogP contribution in [0.15, 0.2) is 59.7 Å². The summed E-state index contributed by atoms with van der Waals surface area (Å²) >= 11 is 0. The Bertz CT molecular complexity index is 1450. The van der Waals surface area contributed by atoms with Crippen LogP contribution in [0.3, 0.4) is 0 Å². The van der Waals surface area contributed by atoms with Gasteiger partial charge in [-0.2, -0.15) is 0 Å². The highest BCUT2D eigenvalue weighted by atomic mass is 19.1. The van der Waals surface area contributed by atoms with Gasteiger partial charge < -0.3 is 15.4 Å². The van der Waals surface area contributed by atoms with E-state index in [9.17, 15) is 4.79 Å². The van der Waals surface area contributed by atoms with E-state index in [1.165, 1.54) is 12.4 Å². The molecule has 4 rings (SSSR count). The predicted molar refractivity (Wildman–Crippen MR) is 143 cm³/mol. The van der Waals surface area contributed by atoms with Crippen LogP contribution in [0.2, 0.25) is 0 Å². The number of benzene rings is 2. The maximum Gasteiger partial charge on any atom is 0.350 e. The number of H-pyrrole nitrogens is 1. The second-order valence-corrected chi connectivity index (χ2v) is 9.15. The van der Waals surface area contributed by atoms with Gasteiger partial charge in [0.25, 0.3) is 5.95 Å². The van der Waals surface area contributed by atoms with Gasteiger partial charge in [0.2, 0.25) is 0 Å². The molecule has 2 aromatic heterocycles. The van der Waals surface area contributed by atoms with Crippen molar-refractivity contribution in [2.45, 2.75) is 25.7 Å². The first kappa shape index (κ1) is 26.7. The molecule has 1 unspecified atom stereocenters. The number of nitrogens with one attached hydrogen (secondary N) is 2. The number of nitrogen functional groups attached to an aromatic ring is 1. The summed E-state index contributed by atoms with van der Waals surface area (Å²) in [5, 5.41) is 12.1. The fourth-order valence-electron chi connectivity index (χ4n) is 4.02. The third-order valence-corrected chi connectivity index (χ3v) is 6.12. The molecule has 4 N–H and O–H groups in total. The molecule has 2 heterocycles. The Balaban J connectivity index is 1.80. The lowest BCUT2D eigenvalue weighted by molar-refractivity contribution is 0.251. The Morgan fingerprint density at radius 1 is 1.18 bits per heavy atom. The van der Waals surface area contributed by atoms with Gasteiger partial charge in [-0.25, -0.2) is 19.2 Å². The van der Waals surface area contributed by atoms with E-state index in [4.69, 9.17) is 15.9 Å². The molecule has 1 atom stereocenters. The Labute approximate surface area is 219 Å². The van der Waals surface area contributed by atoms with E-state index in [1.54, 1.807) is 30.3 Å². The van der Waals surface area contributed by atoms with E-state index in [-0.39, 0.29) is 23.4 Å². The summed E-state index contributed by atoms with van der Waals surface area (Å²) in [7, 11) is 3.84. The molecular formula is C27H31FN8O2. The maximum atomic E-state index is 16.0. The summed E-state index contributed by atoms with van der Waals surface area (Å²) in [4.78, 5) is 25.8. The first-order valence-corrected chi connectivity index (χ1v) is 12.3. The number of hydrogen-bond donors (Lipinski definition) is 3. The number of aryl methyl sites for hydroxylation is 1. The van der Waals surface area contributed by atoms with E-state index < -0.39 is 17.4 Å². The zero-order valence-electron chi connectivity index (χ0n) is 21.6. The number of halogens is 1.